The van der Waals surface area contributed by atoms with Gasteiger partial charge in [-0.05, 0) is 70.6 Å². The van der Waals surface area contributed by atoms with E-state index in [4.69, 9.17) is 9.47 Å². The second kappa shape index (κ2) is 13.9. The molecule has 1 aliphatic heterocycles. The third-order valence-corrected chi connectivity index (χ3v) is 10.1. The van der Waals surface area contributed by atoms with Crippen LogP contribution in [0.3, 0.4) is 0 Å². The van der Waals surface area contributed by atoms with Gasteiger partial charge >= 0.3 is 6.09 Å². The molecule has 3 N–H and O–H groups in total. The Morgan fingerprint density at radius 1 is 1.10 bits per heavy atom. The monoisotopic (exact) mass is 703 g/mol. The molecule has 4 amide bonds. The van der Waals surface area contributed by atoms with Crippen LogP contribution in [0.25, 0.3) is 10.9 Å². The summed E-state index contributed by atoms with van der Waals surface area (Å²) in [5, 5.41) is 5.03. The van der Waals surface area contributed by atoms with Crippen molar-refractivity contribution in [1.29, 1.82) is 0 Å². The van der Waals surface area contributed by atoms with E-state index in [0.717, 1.165) is 0 Å². The second-order valence-electron chi connectivity index (χ2n) is 14.9. The van der Waals surface area contributed by atoms with Crippen molar-refractivity contribution in [3.05, 3.63) is 48.9 Å². The molecule has 0 spiro atoms. The summed E-state index contributed by atoms with van der Waals surface area (Å²) in [6.45, 7) is 15.2. The largest absolute Gasteiger partial charge is 0.488 e. The van der Waals surface area contributed by atoms with E-state index in [1.54, 1.807) is 53.7 Å². The van der Waals surface area contributed by atoms with E-state index >= 15 is 0 Å². The molecule has 1 saturated heterocycles. The predicted molar refractivity (Wildman–Crippen MR) is 180 cm³/mol. The number of ether oxygens (including phenoxy) is 2. The fraction of sp³-hybridized carbons (Fsp3) is 0.559. The first-order valence-corrected chi connectivity index (χ1v) is 17.7. The standard InChI is InChI=1S/C34H46FN5O8S/c1-9-16-34(8,30(43)39-49(45,46)21-13-14-21)38-28(41)24-18-20(47-25-15-17-36-26-22(25)11-10-12-23(26)35)19-40(24)29(42)27(32(2,3)4)37-31(44)48-33(5,6)7/h9-12,15,17,20-21,24,27H,1,13-14,16,18-19H2,2-8H3,(H,37,44)(H,38,41)(H,39,43)/t20-,24-,27-,34+/m1/s1. The summed E-state index contributed by atoms with van der Waals surface area (Å²) >= 11 is 0. The van der Waals surface area contributed by atoms with Crippen molar-refractivity contribution in [1.82, 2.24) is 25.2 Å². The molecule has 15 heteroatoms. The number of fused-ring (bicyclic) bond motifs is 1. The number of amides is 4. The summed E-state index contributed by atoms with van der Waals surface area (Å²) in [6, 6.07) is 3.60. The molecular formula is C34H46FN5O8S. The van der Waals surface area contributed by atoms with Crippen molar-refractivity contribution in [3.8, 4) is 5.75 Å². The number of carbonyl (C=O) groups is 4. The summed E-state index contributed by atoms with van der Waals surface area (Å²) in [6.07, 6.45) is 1.84. The Morgan fingerprint density at radius 2 is 1.78 bits per heavy atom. The van der Waals surface area contributed by atoms with Gasteiger partial charge in [0, 0.05) is 18.0 Å². The second-order valence-corrected chi connectivity index (χ2v) is 16.8. The Balaban J connectivity index is 1.67. The minimum Gasteiger partial charge on any atom is -0.488 e. The maximum absolute atomic E-state index is 14.5. The Kier molecular flexibility index (Phi) is 10.7. The molecule has 2 fully saturated rings. The molecule has 0 unspecified atom stereocenters. The zero-order valence-corrected chi connectivity index (χ0v) is 29.8. The number of nitrogens with one attached hydrogen (secondary N) is 3. The lowest BCUT2D eigenvalue weighted by Crippen LogP contribution is -2.62. The van der Waals surface area contributed by atoms with Gasteiger partial charge in [0.1, 0.15) is 46.4 Å². The smallest absolute Gasteiger partial charge is 0.408 e. The third kappa shape index (κ3) is 9.05. The molecule has 268 valence electrons. The topological polar surface area (TPSA) is 173 Å². The van der Waals surface area contributed by atoms with Gasteiger partial charge < -0.3 is 25.0 Å². The van der Waals surface area contributed by atoms with Crippen LogP contribution in [0.1, 0.15) is 74.1 Å². The highest BCUT2D eigenvalue weighted by Crippen LogP contribution is 2.32. The van der Waals surface area contributed by atoms with Crippen molar-refractivity contribution < 1.29 is 41.5 Å². The van der Waals surface area contributed by atoms with Crippen LogP contribution in [-0.2, 0) is 29.1 Å². The lowest BCUT2D eigenvalue weighted by Gasteiger charge is -2.36. The minimum atomic E-state index is -3.94. The lowest BCUT2D eigenvalue weighted by molar-refractivity contribution is -0.143. The van der Waals surface area contributed by atoms with Crippen LogP contribution in [0.4, 0.5) is 9.18 Å². The summed E-state index contributed by atoms with van der Waals surface area (Å²) in [7, 11) is -3.94. The van der Waals surface area contributed by atoms with Crippen LogP contribution >= 0.6 is 0 Å². The highest BCUT2D eigenvalue weighted by molar-refractivity contribution is 7.91. The predicted octanol–water partition coefficient (Wildman–Crippen LogP) is 3.72. The molecule has 2 aliphatic rings. The van der Waals surface area contributed by atoms with Crippen molar-refractivity contribution in [3.63, 3.8) is 0 Å². The summed E-state index contributed by atoms with van der Waals surface area (Å²) in [5.74, 6) is -2.57. The van der Waals surface area contributed by atoms with Gasteiger partial charge in [0.2, 0.25) is 21.8 Å². The molecule has 2 aromatic rings. The lowest BCUT2D eigenvalue weighted by atomic mass is 9.85. The number of alkyl carbamates (subject to hydrolysis) is 1. The van der Waals surface area contributed by atoms with E-state index in [1.807, 2.05) is 0 Å². The first kappa shape index (κ1) is 37.5. The number of nitrogens with zero attached hydrogens (tertiary/aromatic N) is 2. The SMILES string of the molecule is C=CC[C@](C)(NC(=O)[C@H]1C[C@@H](Oc2ccnc3c(F)cccc23)CN1C(=O)[C@@H](NC(=O)OC(C)(C)C)C(C)(C)C)C(=O)NS(=O)(=O)C1CC1. The normalized spacial score (nSPS) is 20.1. The number of halogens is 1. The number of benzene rings is 1. The van der Waals surface area contributed by atoms with Gasteiger partial charge in [-0.25, -0.2) is 17.6 Å². The van der Waals surface area contributed by atoms with Gasteiger partial charge in [-0.15, -0.1) is 6.58 Å². The van der Waals surface area contributed by atoms with Crippen molar-refractivity contribution in [2.75, 3.05) is 6.54 Å². The van der Waals surface area contributed by atoms with Crippen LogP contribution in [0.5, 0.6) is 5.75 Å². The fourth-order valence-electron chi connectivity index (χ4n) is 5.56. The molecule has 0 bridgehead atoms. The molecule has 13 nitrogen and oxygen atoms in total. The Bertz CT molecular complexity index is 1730. The molecular weight excluding hydrogens is 657 g/mol. The quantitative estimate of drug-likeness (QED) is 0.295. The molecule has 4 atom stereocenters. The van der Waals surface area contributed by atoms with Crippen molar-refractivity contribution in [2.45, 2.75) is 109 Å². The van der Waals surface area contributed by atoms with E-state index in [2.05, 4.69) is 26.9 Å². The molecule has 1 aromatic carbocycles. The van der Waals surface area contributed by atoms with Crippen molar-refractivity contribution in [2.24, 2.45) is 5.41 Å². The molecule has 1 aromatic heterocycles. The fourth-order valence-corrected chi connectivity index (χ4v) is 6.97. The number of hydrogen-bond acceptors (Lipinski definition) is 9. The number of pyridine rings is 1. The summed E-state index contributed by atoms with van der Waals surface area (Å²) in [5.41, 5.74) is -3.35. The minimum absolute atomic E-state index is 0.0494. The Labute approximate surface area is 286 Å². The Hall–Kier alpha value is -4.27. The van der Waals surface area contributed by atoms with Gasteiger partial charge in [-0.2, -0.15) is 0 Å². The molecule has 49 heavy (non-hydrogen) atoms. The van der Waals surface area contributed by atoms with Crippen LogP contribution in [0.15, 0.2) is 43.1 Å². The van der Waals surface area contributed by atoms with Gasteiger partial charge in [0.25, 0.3) is 5.91 Å². The highest BCUT2D eigenvalue weighted by atomic mass is 32.2. The maximum atomic E-state index is 14.5. The summed E-state index contributed by atoms with van der Waals surface area (Å²) in [4.78, 5) is 60.0. The summed E-state index contributed by atoms with van der Waals surface area (Å²) < 4.78 is 53.5. The molecule has 4 rings (SSSR count). The molecule has 1 aliphatic carbocycles. The average Bonchev–Trinajstić information content (AvgIpc) is 3.76. The average molecular weight is 704 g/mol. The maximum Gasteiger partial charge on any atom is 0.408 e. The number of carbonyl (C=O) groups excluding carboxylic acids is 4. The third-order valence-electron chi connectivity index (χ3n) is 8.25. The van der Waals surface area contributed by atoms with Crippen LogP contribution in [0.2, 0.25) is 0 Å². The van der Waals surface area contributed by atoms with E-state index in [1.165, 1.54) is 36.2 Å². The van der Waals surface area contributed by atoms with Gasteiger partial charge in [0.05, 0.1) is 11.8 Å². The number of hydrogen-bond donors (Lipinski definition) is 3. The number of para-hydroxylation sites is 1. The number of likely N-dealkylation sites (tertiary alicyclic amines) is 1. The highest BCUT2D eigenvalue weighted by Gasteiger charge is 2.48. The number of aromatic nitrogens is 1. The van der Waals surface area contributed by atoms with Gasteiger partial charge in [-0.3, -0.25) is 24.1 Å². The first-order chi connectivity index (χ1) is 22.6. The Morgan fingerprint density at radius 3 is 2.37 bits per heavy atom. The molecule has 1 saturated carbocycles. The van der Waals surface area contributed by atoms with E-state index < -0.39 is 79.6 Å². The van der Waals surface area contributed by atoms with E-state index in [0.29, 0.717) is 18.2 Å². The van der Waals surface area contributed by atoms with Crippen molar-refractivity contribution >= 4 is 44.7 Å². The zero-order valence-electron chi connectivity index (χ0n) is 29.0. The number of sulfonamides is 1. The first-order valence-electron chi connectivity index (χ1n) is 16.1. The van der Waals surface area contributed by atoms with Crippen LogP contribution < -0.4 is 20.1 Å². The van der Waals surface area contributed by atoms with E-state index in [9.17, 15) is 32.0 Å². The van der Waals surface area contributed by atoms with Gasteiger partial charge in [0.15, 0.2) is 0 Å². The molecule has 0 radical (unpaired) electrons. The molecule has 2 heterocycles. The van der Waals surface area contributed by atoms with Crippen LogP contribution in [0, 0.1) is 11.2 Å². The zero-order chi connectivity index (χ0) is 36.5. The van der Waals surface area contributed by atoms with Crippen LogP contribution in [-0.4, -0.2) is 83.2 Å². The number of rotatable bonds is 11. The van der Waals surface area contributed by atoms with E-state index in [-0.39, 0.29) is 30.7 Å². The van der Waals surface area contributed by atoms with Gasteiger partial charge in [-0.1, -0.05) is 32.9 Å².